The number of hydrogen-bond acceptors (Lipinski definition) is 5. The van der Waals surface area contributed by atoms with Crippen molar-refractivity contribution in [2.45, 2.75) is 0 Å². The van der Waals surface area contributed by atoms with Crippen LogP contribution in [-0.4, -0.2) is 28.8 Å². The molecule has 0 radical (unpaired) electrons. The fourth-order valence-electron chi connectivity index (χ4n) is 3.00. The Morgan fingerprint density at radius 3 is 2.35 bits per heavy atom. The lowest BCUT2D eigenvalue weighted by molar-refractivity contribution is 0.355. The van der Waals surface area contributed by atoms with Gasteiger partial charge in [-0.1, -0.05) is 36.4 Å². The largest absolute Gasteiger partial charge is 0.493 e. The molecule has 0 saturated carbocycles. The van der Waals surface area contributed by atoms with Gasteiger partial charge in [0, 0.05) is 17.3 Å². The van der Waals surface area contributed by atoms with Crippen LogP contribution in [0, 0.1) is 0 Å². The number of methoxy groups -OCH3 is 2. The summed E-state index contributed by atoms with van der Waals surface area (Å²) in [5.41, 5.74) is 10.7. The summed E-state index contributed by atoms with van der Waals surface area (Å²) < 4.78 is 12.3. The Morgan fingerprint density at radius 1 is 0.846 bits per heavy atom. The zero-order valence-corrected chi connectivity index (χ0v) is 14.5. The van der Waals surface area contributed by atoms with Crippen molar-refractivity contribution in [1.82, 2.24) is 14.6 Å². The fourth-order valence-corrected chi connectivity index (χ4v) is 3.00. The molecule has 6 heteroatoms. The molecule has 0 amide bonds. The van der Waals surface area contributed by atoms with Crippen LogP contribution in [0.5, 0.6) is 11.5 Å². The smallest absolute Gasteiger partial charge is 0.165 e. The molecule has 2 aromatic carbocycles. The SMILES string of the molecule is COc1ccc(-c2cnn3c(N)c(-c4ccccc4)cnc23)cc1OC. The summed E-state index contributed by atoms with van der Waals surface area (Å²) >= 11 is 0. The molecule has 0 aliphatic heterocycles. The van der Waals surface area contributed by atoms with E-state index in [1.807, 2.05) is 48.5 Å². The van der Waals surface area contributed by atoms with Gasteiger partial charge in [-0.15, -0.1) is 0 Å². The highest BCUT2D eigenvalue weighted by atomic mass is 16.5. The Kier molecular flexibility index (Phi) is 3.93. The van der Waals surface area contributed by atoms with Crippen molar-refractivity contribution in [2.75, 3.05) is 20.0 Å². The molecule has 0 fully saturated rings. The van der Waals surface area contributed by atoms with Crippen LogP contribution in [-0.2, 0) is 0 Å². The highest BCUT2D eigenvalue weighted by molar-refractivity contribution is 5.82. The van der Waals surface area contributed by atoms with Crippen LogP contribution in [0.2, 0.25) is 0 Å². The van der Waals surface area contributed by atoms with Crippen molar-refractivity contribution in [3.63, 3.8) is 0 Å². The van der Waals surface area contributed by atoms with Crippen LogP contribution in [0.1, 0.15) is 0 Å². The topological polar surface area (TPSA) is 74.7 Å². The average molecular weight is 346 g/mol. The number of ether oxygens (including phenoxy) is 2. The lowest BCUT2D eigenvalue weighted by atomic mass is 10.1. The first-order valence-corrected chi connectivity index (χ1v) is 8.13. The van der Waals surface area contributed by atoms with Crippen LogP contribution < -0.4 is 15.2 Å². The van der Waals surface area contributed by atoms with Crippen molar-refractivity contribution >= 4 is 11.5 Å². The minimum absolute atomic E-state index is 0.549. The maximum Gasteiger partial charge on any atom is 0.165 e. The fraction of sp³-hybridized carbons (Fsp3) is 0.100. The molecular formula is C20H18N4O2. The second kappa shape index (κ2) is 6.40. The summed E-state index contributed by atoms with van der Waals surface area (Å²) in [6.45, 7) is 0. The third-order valence-electron chi connectivity index (χ3n) is 4.34. The molecule has 0 aliphatic carbocycles. The maximum atomic E-state index is 6.36. The van der Waals surface area contributed by atoms with Crippen molar-refractivity contribution in [2.24, 2.45) is 0 Å². The van der Waals surface area contributed by atoms with Gasteiger partial charge in [0.1, 0.15) is 5.82 Å². The number of nitrogens with two attached hydrogens (primary N) is 1. The van der Waals surface area contributed by atoms with Gasteiger partial charge in [0.2, 0.25) is 0 Å². The number of benzene rings is 2. The number of aromatic nitrogens is 3. The molecule has 0 spiro atoms. The van der Waals surface area contributed by atoms with Crippen LogP contribution >= 0.6 is 0 Å². The third kappa shape index (κ3) is 2.52. The Balaban J connectivity index is 1.85. The van der Waals surface area contributed by atoms with Gasteiger partial charge in [-0.25, -0.2) is 4.98 Å². The second-order valence-electron chi connectivity index (χ2n) is 5.79. The van der Waals surface area contributed by atoms with E-state index in [4.69, 9.17) is 15.2 Å². The lowest BCUT2D eigenvalue weighted by Crippen LogP contribution is -2.02. The van der Waals surface area contributed by atoms with Crippen molar-refractivity contribution < 1.29 is 9.47 Å². The van der Waals surface area contributed by atoms with Gasteiger partial charge < -0.3 is 15.2 Å². The summed E-state index contributed by atoms with van der Waals surface area (Å²) in [4.78, 5) is 4.60. The quantitative estimate of drug-likeness (QED) is 0.610. The summed E-state index contributed by atoms with van der Waals surface area (Å²) in [5.74, 6) is 1.87. The van der Waals surface area contributed by atoms with Crippen LogP contribution in [0.25, 0.3) is 27.9 Å². The van der Waals surface area contributed by atoms with E-state index in [2.05, 4.69) is 10.1 Å². The first-order valence-electron chi connectivity index (χ1n) is 8.13. The standard InChI is InChI=1S/C20H18N4O2/c1-25-17-9-8-14(10-18(17)26-2)16-12-23-24-19(21)15(11-22-20(16)24)13-6-4-3-5-7-13/h3-12H,21H2,1-2H3. The van der Waals surface area contributed by atoms with Crippen LogP contribution in [0.15, 0.2) is 60.9 Å². The van der Waals surface area contributed by atoms with E-state index >= 15 is 0 Å². The minimum Gasteiger partial charge on any atom is -0.493 e. The highest BCUT2D eigenvalue weighted by Crippen LogP contribution is 2.35. The molecule has 2 heterocycles. The summed E-state index contributed by atoms with van der Waals surface area (Å²) in [7, 11) is 3.22. The highest BCUT2D eigenvalue weighted by Gasteiger charge is 2.15. The molecule has 4 rings (SSSR count). The molecule has 0 bridgehead atoms. The number of hydrogen-bond donors (Lipinski definition) is 1. The Hall–Kier alpha value is -3.54. The van der Waals surface area contributed by atoms with Gasteiger partial charge >= 0.3 is 0 Å². The summed E-state index contributed by atoms with van der Waals surface area (Å²) in [6.07, 6.45) is 3.54. The van der Waals surface area contributed by atoms with Gasteiger partial charge in [-0.2, -0.15) is 9.61 Å². The molecule has 26 heavy (non-hydrogen) atoms. The van der Waals surface area contributed by atoms with Crippen molar-refractivity contribution in [3.8, 4) is 33.8 Å². The molecule has 0 saturated heterocycles. The molecule has 0 aliphatic rings. The Morgan fingerprint density at radius 2 is 1.62 bits per heavy atom. The molecule has 6 nitrogen and oxygen atoms in total. The average Bonchev–Trinajstić information content (AvgIpc) is 3.13. The van der Waals surface area contributed by atoms with Gasteiger partial charge in [0.25, 0.3) is 0 Å². The van der Waals surface area contributed by atoms with E-state index in [-0.39, 0.29) is 0 Å². The molecule has 2 aromatic heterocycles. The molecule has 4 aromatic rings. The molecule has 0 atom stereocenters. The molecule has 2 N–H and O–H groups in total. The zero-order valence-electron chi connectivity index (χ0n) is 14.5. The minimum atomic E-state index is 0.549. The Bertz CT molecular complexity index is 1070. The number of fused-ring (bicyclic) bond motifs is 1. The number of anilines is 1. The predicted octanol–water partition coefficient (Wildman–Crippen LogP) is 3.66. The molecule has 130 valence electrons. The van der Waals surface area contributed by atoms with Gasteiger partial charge in [-0.3, -0.25) is 0 Å². The molecular weight excluding hydrogens is 328 g/mol. The molecule has 0 unspecified atom stereocenters. The second-order valence-corrected chi connectivity index (χ2v) is 5.79. The Labute approximate surface area is 150 Å². The van der Waals surface area contributed by atoms with Gasteiger partial charge in [0.05, 0.1) is 20.4 Å². The summed E-state index contributed by atoms with van der Waals surface area (Å²) in [5, 5.41) is 4.44. The van der Waals surface area contributed by atoms with Crippen molar-refractivity contribution in [3.05, 3.63) is 60.9 Å². The van der Waals surface area contributed by atoms with E-state index in [0.29, 0.717) is 23.0 Å². The van der Waals surface area contributed by atoms with E-state index in [1.165, 1.54) is 0 Å². The van der Waals surface area contributed by atoms with E-state index in [0.717, 1.165) is 22.3 Å². The number of nitrogen functional groups attached to an aromatic ring is 1. The lowest BCUT2D eigenvalue weighted by Gasteiger charge is -2.10. The van der Waals surface area contributed by atoms with Crippen molar-refractivity contribution in [1.29, 1.82) is 0 Å². The monoisotopic (exact) mass is 346 g/mol. The number of rotatable bonds is 4. The van der Waals surface area contributed by atoms with Gasteiger partial charge in [-0.05, 0) is 23.3 Å². The third-order valence-corrected chi connectivity index (χ3v) is 4.34. The van der Waals surface area contributed by atoms with Crippen LogP contribution in [0.4, 0.5) is 5.82 Å². The van der Waals surface area contributed by atoms with E-state index in [9.17, 15) is 0 Å². The van der Waals surface area contributed by atoms with E-state index in [1.54, 1.807) is 31.1 Å². The maximum absolute atomic E-state index is 6.36. The number of nitrogens with zero attached hydrogens (tertiary/aromatic N) is 3. The van der Waals surface area contributed by atoms with Gasteiger partial charge in [0.15, 0.2) is 17.1 Å². The predicted molar refractivity (Wildman–Crippen MR) is 101 cm³/mol. The normalized spacial score (nSPS) is 10.8. The van der Waals surface area contributed by atoms with E-state index < -0.39 is 0 Å². The summed E-state index contributed by atoms with van der Waals surface area (Å²) in [6, 6.07) is 15.6. The zero-order chi connectivity index (χ0) is 18.1. The van der Waals surface area contributed by atoms with Crippen LogP contribution in [0.3, 0.4) is 0 Å². The first-order chi connectivity index (χ1) is 12.7. The first kappa shape index (κ1) is 16.0.